The highest BCUT2D eigenvalue weighted by Crippen LogP contribution is 2.27. The minimum atomic E-state index is -2.59. The topological polar surface area (TPSA) is 36.7 Å². The van der Waals surface area contributed by atoms with E-state index in [2.05, 4.69) is 4.98 Å². The number of halogens is 3. The first-order valence-electron chi connectivity index (χ1n) is 4.30. The Kier molecular flexibility index (Phi) is 3.98. The Labute approximate surface area is 91.5 Å². The largest absolute Gasteiger partial charge is 0.264 e. The molecule has 0 aliphatic rings. The molecular weight excluding hydrogens is 222 g/mol. The van der Waals surface area contributed by atoms with Crippen molar-refractivity contribution < 1.29 is 8.78 Å². The van der Waals surface area contributed by atoms with Crippen LogP contribution < -0.4 is 0 Å². The minimum Gasteiger partial charge on any atom is -0.257 e. The maximum Gasteiger partial charge on any atom is 0.264 e. The van der Waals surface area contributed by atoms with Gasteiger partial charge in [-0.3, -0.25) is 4.98 Å². The van der Waals surface area contributed by atoms with Gasteiger partial charge in [0, 0.05) is 17.1 Å². The van der Waals surface area contributed by atoms with E-state index in [0.29, 0.717) is 11.4 Å². The smallest absolute Gasteiger partial charge is 0.257 e. The second-order valence-electron chi connectivity index (χ2n) is 3.05. The highest BCUT2D eigenvalue weighted by atomic mass is 35.5. The predicted octanol–water partition coefficient (Wildman–Crippen LogP) is 3.13. The summed E-state index contributed by atoms with van der Waals surface area (Å²) in [4.78, 5) is 4.04. The van der Waals surface area contributed by atoms with Gasteiger partial charge in [0.25, 0.3) is 6.43 Å². The molecule has 1 heterocycles. The molecule has 0 radical (unpaired) electrons. The van der Waals surface area contributed by atoms with E-state index in [4.69, 9.17) is 16.9 Å². The zero-order valence-electron chi connectivity index (χ0n) is 8.10. The van der Waals surface area contributed by atoms with Gasteiger partial charge >= 0.3 is 0 Å². The van der Waals surface area contributed by atoms with Gasteiger partial charge in [-0.15, -0.1) is 11.6 Å². The Morgan fingerprint density at radius 3 is 2.73 bits per heavy atom. The van der Waals surface area contributed by atoms with Crippen molar-refractivity contribution in [2.24, 2.45) is 0 Å². The quantitative estimate of drug-likeness (QED) is 0.748. The zero-order valence-corrected chi connectivity index (χ0v) is 8.85. The lowest BCUT2D eigenvalue weighted by atomic mass is 10.1. The van der Waals surface area contributed by atoms with Crippen molar-refractivity contribution >= 4 is 11.6 Å². The van der Waals surface area contributed by atoms with Gasteiger partial charge in [0.15, 0.2) is 0 Å². The number of pyridine rings is 1. The third-order valence-corrected chi connectivity index (χ3v) is 2.26. The molecule has 1 aromatic rings. The summed E-state index contributed by atoms with van der Waals surface area (Å²) in [5.74, 6) is -0.0516. The summed E-state index contributed by atoms with van der Waals surface area (Å²) in [6.45, 7) is 1.62. The molecule has 0 amide bonds. The first kappa shape index (κ1) is 11.9. The summed E-state index contributed by atoms with van der Waals surface area (Å²) in [6.07, 6.45) is -2.58. The van der Waals surface area contributed by atoms with E-state index in [-0.39, 0.29) is 23.4 Å². The van der Waals surface area contributed by atoms with Crippen molar-refractivity contribution in [2.75, 3.05) is 0 Å². The summed E-state index contributed by atoms with van der Waals surface area (Å²) < 4.78 is 25.3. The van der Waals surface area contributed by atoms with Crippen LogP contribution in [0.15, 0.2) is 6.07 Å². The van der Waals surface area contributed by atoms with Gasteiger partial charge in [0.05, 0.1) is 18.2 Å². The number of nitriles is 1. The molecule has 0 saturated carbocycles. The molecule has 80 valence electrons. The first-order valence-corrected chi connectivity index (χ1v) is 4.84. The number of alkyl halides is 3. The Bertz CT molecular complexity index is 399. The average Bonchev–Trinajstić information content (AvgIpc) is 2.17. The monoisotopic (exact) mass is 230 g/mol. The van der Waals surface area contributed by atoms with Crippen molar-refractivity contribution in [3.8, 4) is 6.07 Å². The van der Waals surface area contributed by atoms with Crippen LogP contribution in [0.5, 0.6) is 0 Å². The fraction of sp³-hybridized carbons (Fsp3) is 0.400. The van der Waals surface area contributed by atoms with Gasteiger partial charge < -0.3 is 0 Å². The van der Waals surface area contributed by atoms with Crippen LogP contribution in [0.4, 0.5) is 8.78 Å². The first-order chi connectivity index (χ1) is 7.10. The Morgan fingerprint density at radius 1 is 1.60 bits per heavy atom. The van der Waals surface area contributed by atoms with Gasteiger partial charge in [0.1, 0.15) is 0 Å². The van der Waals surface area contributed by atoms with Gasteiger partial charge in [-0.05, 0) is 18.6 Å². The van der Waals surface area contributed by atoms with E-state index in [9.17, 15) is 8.78 Å². The number of nitrogens with zero attached hydrogens (tertiary/aromatic N) is 2. The van der Waals surface area contributed by atoms with E-state index in [1.165, 1.54) is 6.07 Å². The van der Waals surface area contributed by atoms with E-state index in [0.717, 1.165) is 0 Å². The lowest BCUT2D eigenvalue weighted by Crippen LogP contribution is -2.03. The summed E-state index contributed by atoms with van der Waals surface area (Å²) in [5.41, 5.74) is 0.980. The van der Waals surface area contributed by atoms with Crippen LogP contribution in [-0.2, 0) is 12.3 Å². The Hall–Kier alpha value is -1.21. The molecule has 0 saturated heterocycles. The molecule has 0 aliphatic heterocycles. The fourth-order valence-corrected chi connectivity index (χ4v) is 1.67. The molecule has 0 spiro atoms. The maximum absolute atomic E-state index is 12.6. The molecular formula is C10H9ClF2N2. The lowest BCUT2D eigenvalue weighted by Gasteiger charge is -2.10. The van der Waals surface area contributed by atoms with Gasteiger partial charge in [-0.1, -0.05) is 0 Å². The SMILES string of the molecule is Cc1cc(C(F)F)c(CCl)c(CC#N)n1. The highest BCUT2D eigenvalue weighted by molar-refractivity contribution is 6.17. The lowest BCUT2D eigenvalue weighted by molar-refractivity contribution is 0.150. The minimum absolute atomic E-state index is 0.00343. The summed E-state index contributed by atoms with van der Waals surface area (Å²) >= 11 is 5.59. The van der Waals surface area contributed by atoms with Crippen LogP contribution in [0.2, 0.25) is 0 Å². The zero-order chi connectivity index (χ0) is 11.4. The molecule has 0 unspecified atom stereocenters. The van der Waals surface area contributed by atoms with Crippen LogP contribution in [0.3, 0.4) is 0 Å². The molecule has 0 atom stereocenters. The Morgan fingerprint density at radius 2 is 2.27 bits per heavy atom. The third-order valence-electron chi connectivity index (χ3n) is 1.99. The van der Waals surface area contributed by atoms with Gasteiger partial charge in [-0.2, -0.15) is 5.26 Å². The summed E-state index contributed by atoms with van der Waals surface area (Å²) in [7, 11) is 0. The molecule has 5 heteroatoms. The third kappa shape index (κ3) is 2.63. The second kappa shape index (κ2) is 5.04. The number of aryl methyl sites for hydroxylation is 1. The average molecular weight is 231 g/mol. The van der Waals surface area contributed by atoms with Crippen LogP contribution >= 0.6 is 11.6 Å². The fourth-order valence-electron chi connectivity index (χ4n) is 1.36. The van der Waals surface area contributed by atoms with E-state index in [1.54, 1.807) is 6.92 Å². The number of hydrogen-bond acceptors (Lipinski definition) is 2. The van der Waals surface area contributed by atoms with Crippen LogP contribution in [-0.4, -0.2) is 4.98 Å². The molecule has 0 bridgehead atoms. The molecule has 1 rings (SSSR count). The van der Waals surface area contributed by atoms with Crippen LogP contribution in [0, 0.1) is 18.3 Å². The molecule has 0 fully saturated rings. The second-order valence-corrected chi connectivity index (χ2v) is 3.31. The Balaban J connectivity index is 3.33. The van der Waals surface area contributed by atoms with Crippen LogP contribution in [0.25, 0.3) is 0 Å². The van der Waals surface area contributed by atoms with Crippen molar-refractivity contribution in [3.63, 3.8) is 0 Å². The van der Waals surface area contributed by atoms with Gasteiger partial charge in [0.2, 0.25) is 0 Å². The number of aromatic nitrogens is 1. The van der Waals surface area contributed by atoms with Crippen molar-refractivity contribution in [1.82, 2.24) is 4.98 Å². The highest BCUT2D eigenvalue weighted by Gasteiger charge is 2.17. The molecule has 2 nitrogen and oxygen atoms in total. The van der Waals surface area contributed by atoms with Crippen molar-refractivity contribution in [3.05, 3.63) is 28.6 Å². The van der Waals surface area contributed by atoms with Gasteiger partial charge in [-0.25, -0.2) is 8.78 Å². The molecule has 0 N–H and O–H groups in total. The molecule has 1 aromatic heterocycles. The van der Waals surface area contributed by atoms with Crippen molar-refractivity contribution in [2.45, 2.75) is 25.7 Å². The van der Waals surface area contributed by atoms with E-state index in [1.807, 2.05) is 6.07 Å². The normalized spacial score (nSPS) is 10.4. The maximum atomic E-state index is 12.6. The summed E-state index contributed by atoms with van der Waals surface area (Å²) in [5, 5.41) is 8.54. The molecule has 15 heavy (non-hydrogen) atoms. The molecule has 0 aromatic carbocycles. The molecule has 0 aliphatic carbocycles. The van der Waals surface area contributed by atoms with E-state index >= 15 is 0 Å². The number of rotatable bonds is 3. The predicted molar refractivity (Wildman–Crippen MR) is 52.8 cm³/mol. The van der Waals surface area contributed by atoms with E-state index < -0.39 is 6.43 Å². The number of hydrogen-bond donors (Lipinski definition) is 0. The van der Waals surface area contributed by atoms with Crippen LogP contribution in [0.1, 0.15) is 28.9 Å². The summed E-state index contributed by atoms with van der Waals surface area (Å²) in [6, 6.07) is 3.19. The van der Waals surface area contributed by atoms with Crippen molar-refractivity contribution in [1.29, 1.82) is 5.26 Å². The standard InChI is InChI=1S/C10H9ClF2N2/c1-6-4-7(10(12)13)8(5-11)9(15-6)2-3-14/h4,10H,2,5H2,1H3.